The van der Waals surface area contributed by atoms with Gasteiger partial charge in [-0.25, -0.2) is 13.8 Å². The minimum absolute atomic E-state index is 0.0515. The molecule has 0 bridgehead atoms. The lowest BCUT2D eigenvalue weighted by molar-refractivity contribution is -0.0249. The third kappa shape index (κ3) is 5.85. The highest BCUT2D eigenvalue weighted by molar-refractivity contribution is 6.04. The number of carbonyl (C=O) groups is 2. The molecule has 1 fully saturated rings. The second-order valence-electron chi connectivity index (χ2n) is 11.5. The number of rotatable bonds is 8. The molecule has 4 aromatic rings. The van der Waals surface area contributed by atoms with E-state index in [-0.39, 0.29) is 48.2 Å². The van der Waals surface area contributed by atoms with Gasteiger partial charge in [0.15, 0.2) is 0 Å². The number of morpholine rings is 1. The number of benzene rings is 3. The minimum atomic E-state index is -0.767. The van der Waals surface area contributed by atoms with Crippen molar-refractivity contribution in [3.8, 4) is 22.8 Å². The highest BCUT2D eigenvalue weighted by atomic mass is 19.1. The number of carbonyl (C=O) groups excluding carboxylic acids is 2. The molecule has 9 nitrogen and oxygen atoms in total. The lowest BCUT2D eigenvalue weighted by Gasteiger charge is -2.38. The molecule has 3 heterocycles. The van der Waals surface area contributed by atoms with E-state index in [1.807, 2.05) is 24.8 Å². The molecular formula is C35H34F2N4O5. The van der Waals surface area contributed by atoms with Gasteiger partial charge in [-0.1, -0.05) is 6.07 Å². The summed E-state index contributed by atoms with van der Waals surface area (Å²) in [4.78, 5) is 35.2. The van der Waals surface area contributed by atoms with Crippen LogP contribution in [0.15, 0.2) is 66.7 Å². The van der Waals surface area contributed by atoms with Crippen molar-refractivity contribution in [2.75, 3.05) is 32.8 Å². The molecule has 2 atom stereocenters. The number of methoxy groups -OCH3 is 2. The Morgan fingerprint density at radius 3 is 2.30 bits per heavy atom. The Bertz CT molecular complexity index is 1770. The Morgan fingerprint density at radius 2 is 1.65 bits per heavy atom. The first-order chi connectivity index (χ1) is 22.2. The fourth-order valence-corrected chi connectivity index (χ4v) is 6.05. The number of hydrogen-bond donors (Lipinski definition) is 1. The van der Waals surface area contributed by atoms with E-state index in [0.29, 0.717) is 52.9 Å². The van der Waals surface area contributed by atoms with Crippen molar-refractivity contribution in [2.45, 2.75) is 39.0 Å². The number of amides is 2. The van der Waals surface area contributed by atoms with Crippen LogP contribution in [0, 0.1) is 11.6 Å². The van der Waals surface area contributed by atoms with Crippen LogP contribution in [0.4, 0.5) is 20.2 Å². The maximum Gasteiger partial charge on any atom is 0.258 e. The molecule has 0 spiro atoms. The number of fused-ring (bicyclic) bond motifs is 1. The van der Waals surface area contributed by atoms with Gasteiger partial charge in [-0.3, -0.25) is 9.59 Å². The van der Waals surface area contributed by atoms with Crippen molar-refractivity contribution in [1.82, 2.24) is 14.8 Å². The Morgan fingerprint density at radius 1 is 0.957 bits per heavy atom. The Kier molecular flexibility index (Phi) is 8.59. The van der Waals surface area contributed by atoms with Gasteiger partial charge in [-0.2, -0.15) is 0 Å². The van der Waals surface area contributed by atoms with Crippen LogP contribution in [0.3, 0.4) is 0 Å². The van der Waals surface area contributed by atoms with E-state index in [9.17, 15) is 18.4 Å². The molecule has 0 saturated carbocycles. The summed E-state index contributed by atoms with van der Waals surface area (Å²) < 4.78 is 46.2. The predicted octanol–water partition coefficient (Wildman–Crippen LogP) is 6.19. The SMILES string of the molecule is COc1ccc(CN2Cc3nc(-c4c(F)cccc4F)cc(Nc4ccc(C(=O)N5[C@H](C)COC[C@H]5C)cc4)c3C2=O)c(OC)c1. The Labute approximate surface area is 265 Å². The summed E-state index contributed by atoms with van der Waals surface area (Å²) in [6.45, 7) is 5.18. The fourth-order valence-electron chi connectivity index (χ4n) is 6.05. The molecule has 2 aliphatic heterocycles. The summed E-state index contributed by atoms with van der Waals surface area (Å²) in [7, 11) is 3.10. The normalized spacial score (nSPS) is 17.6. The highest BCUT2D eigenvalue weighted by Crippen LogP contribution is 2.37. The van der Waals surface area contributed by atoms with Crippen LogP contribution in [-0.2, 0) is 17.8 Å². The molecule has 2 aliphatic rings. The molecule has 0 radical (unpaired) electrons. The van der Waals surface area contributed by atoms with Crippen molar-refractivity contribution in [1.29, 1.82) is 0 Å². The summed E-state index contributed by atoms with van der Waals surface area (Å²) in [5.74, 6) is -0.765. The van der Waals surface area contributed by atoms with E-state index >= 15 is 0 Å². The van der Waals surface area contributed by atoms with Crippen molar-refractivity contribution < 1.29 is 32.6 Å². The van der Waals surface area contributed by atoms with Gasteiger partial charge in [-0.15, -0.1) is 0 Å². The smallest absolute Gasteiger partial charge is 0.258 e. The third-order valence-corrected chi connectivity index (χ3v) is 8.32. The lowest BCUT2D eigenvalue weighted by Crippen LogP contribution is -2.52. The van der Waals surface area contributed by atoms with Crippen LogP contribution in [-0.4, -0.2) is 66.1 Å². The molecular weight excluding hydrogens is 594 g/mol. The first kappa shape index (κ1) is 31.0. The topological polar surface area (TPSA) is 93.2 Å². The van der Waals surface area contributed by atoms with Gasteiger partial charge in [0, 0.05) is 22.9 Å². The number of nitrogens with zero attached hydrogens (tertiary/aromatic N) is 3. The van der Waals surface area contributed by atoms with Gasteiger partial charge >= 0.3 is 0 Å². The summed E-state index contributed by atoms with van der Waals surface area (Å²) in [6, 6.07) is 17.2. The molecule has 1 aromatic heterocycles. The monoisotopic (exact) mass is 628 g/mol. The van der Waals surface area contributed by atoms with Gasteiger partial charge < -0.3 is 29.3 Å². The summed E-state index contributed by atoms with van der Waals surface area (Å²) in [6.07, 6.45) is 0. The number of hydrogen-bond acceptors (Lipinski definition) is 7. The molecule has 46 heavy (non-hydrogen) atoms. The highest BCUT2D eigenvalue weighted by Gasteiger charge is 2.34. The van der Waals surface area contributed by atoms with Gasteiger partial charge in [0.1, 0.15) is 23.1 Å². The van der Waals surface area contributed by atoms with Crippen LogP contribution < -0.4 is 14.8 Å². The number of pyridine rings is 1. The van der Waals surface area contributed by atoms with E-state index < -0.39 is 11.6 Å². The van der Waals surface area contributed by atoms with Crippen molar-refractivity contribution >= 4 is 23.2 Å². The summed E-state index contributed by atoms with van der Waals surface area (Å²) >= 11 is 0. The summed E-state index contributed by atoms with van der Waals surface area (Å²) in [5.41, 5.74) is 2.62. The third-order valence-electron chi connectivity index (χ3n) is 8.32. The van der Waals surface area contributed by atoms with Crippen molar-refractivity contribution in [2.24, 2.45) is 0 Å². The lowest BCUT2D eigenvalue weighted by atomic mass is 10.1. The second kappa shape index (κ2) is 12.8. The van der Waals surface area contributed by atoms with Gasteiger partial charge in [-0.05, 0) is 68.4 Å². The molecule has 11 heteroatoms. The van der Waals surface area contributed by atoms with E-state index in [0.717, 1.165) is 5.56 Å². The quantitative estimate of drug-likeness (QED) is 0.249. The van der Waals surface area contributed by atoms with Crippen LogP contribution in [0.1, 0.15) is 45.8 Å². The molecule has 1 saturated heterocycles. The minimum Gasteiger partial charge on any atom is -0.497 e. The summed E-state index contributed by atoms with van der Waals surface area (Å²) in [5, 5.41) is 3.25. The second-order valence-corrected chi connectivity index (χ2v) is 11.5. The molecule has 0 unspecified atom stereocenters. The van der Waals surface area contributed by atoms with Crippen LogP contribution in [0.25, 0.3) is 11.3 Å². The van der Waals surface area contributed by atoms with Crippen LogP contribution in [0.5, 0.6) is 11.5 Å². The van der Waals surface area contributed by atoms with Gasteiger partial charge in [0.05, 0.1) is 80.8 Å². The van der Waals surface area contributed by atoms with E-state index in [4.69, 9.17) is 14.2 Å². The van der Waals surface area contributed by atoms with Crippen LogP contribution >= 0.6 is 0 Å². The molecule has 238 valence electrons. The number of anilines is 2. The molecule has 2 amide bonds. The fraction of sp³-hybridized carbons (Fsp3) is 0.286. The Hall–Kier alpha value is -5.03. The van der Waals surface area contributed by atoms with Crippen molar-refractivity contribution in [3.63, 3.8) is 0 Å². The molecule has 3 aromatic carbocycles. The zero-order chi connectivity index (χ0) is 32.5. The van der Waals surface area contributed by atoms with E-state index in [1.165, 1.54) is 24.3 Å². The zero-order valence-electron chi connectivity index (χ0n) is 26.0. The standard InChI is InChI=1S/C35H34F2N4O5/c1-20-18-46-19-21(2)41(20)34(42)22-8-11-24(12-9-22)38-29-15-28(32-26(36)6-5-7-27(32)37)39-30-17-40(35(43)33(29)30)16-23-10-13-25(44-3)14-31(23)45-4/h5-15,20-21H,16-19H2,1-4H3,(H,38,39)/t20-,21-/m1/s1. The maximum atomic E-state index is 14.9. The molecule has 1 N–H and O–H groups in total. The Balaban J connectivity index is 1.34. The number of nitrogens with one attached hydrogen (secondary N) is 1. The predicted molar refractivity (Wildman–Crippen MR) is 168 cm³/mol. The number of ether oxygens (including phenoxy) is 3. The van der Waals surface area contributed by atoms with E-state index in [1.54, 1.807) is 55.5 Å². The average molecular weight is 629 g/mol. The van der Waals surface area contributed by atoms with Gasteiger partial charge in [0.2, 0.25) is 0 Å². The van der Waals surface area contributed by atoms with Gasteiger partial charge in [0.25, 0.3) is 11.8 Å². The largest absolute Gasteiger partial charge is 0.497 e. The molecule has 0 aliphatic carbocycles. The van der Waals surface area contributed by atoms with Crippen LogP contribution in [0.2, 0.25) is 0 Å². The average Bonchev–Trinajstić information content (AvgIpc) is 3.36. The zero-order valence-corrected chi connectivity index (χ0v) is 26.0. The first-order valence-electron chi connectivity index (χ1n) is 14.9. The number of halogens is 2. The van der Waals surface area contributed by atoms with E-state index in [2.05, 4.69) is 10.3 Å². The molecule has 6 rings (SSSR count). The number of aromatic nitrogens is 1. The maximum absolute atomic E-state index is 14.9. The van der Waals surface area contributed by atoms with Crippen molar-refractivity contribution in [3.05, 3.63) is 101 Å². The first-order valence-corrected chi connectivity index (χ1v) is 14.9.